The topological polar surface area (TPSA) is 24.0 Å². The van der Waals surface area contributed by atoms with Crippen molar-refractivity contribution >= 4 is 94.2 Å². The van der Waals surface area contributed by atoms with Gasteiger partial charge in [-0.25, -0.2) is 0 Å². The second-order valence-electron chi connectivity index (χ2n) is 13.3. The van der Waals surface area contributed by atoms with Crippen molar-refractivity contribution in [1.82, 2.24) is 4.40 Å². The van der Waals surface area contributed by atoms with Gasteiger partial charge in [-0.1, -0.05) is 103 Å². The molecule has 0 saturated heterocycles. The van der Waals surface area contributed by atoms with E-state index in [1.54, 1.807) is 0 Å². The van der Waals surface area contributed by atoms with Crippen molar-refractivity contribution in [1.29, 1.82) is 0 Å². The molecule has 0 aliphatic heterocycles. The van der Waals surface area contributed by atoms with Crippen LogP contribution in [0.5, 0.6) is 0 Å². The third-order valence-corrected chi connectivity index (χ3v) is 10.5. The Labute approximate surface area is 299 Å². The second kappa shape index (κ2) is 11.2. The third kappa shape index (κ3) is 4.15. The quantitative estimate of drug-likeness (QED) is 0.177. The van der Waals surface area contributed by atoms with Crippen LogP contribution < -0.4 is 9.80 Å². The Hall–Kier alpha value is -7.04. The molecule has 0 unspecified atom stereocenters. The van der Waals surface area contributed by atoms with Crippen LogP contribution in [0.3, 0.4) is 0 Å². The SMILES string of the molecule is c1ccc(N(c2ccccc2)c2cccc(N(c3ccccc3)c3ccc4c5cccc6oc7cccc(c7c65)n5c6ccccc6c3c45)c2)cc1. The van der Waals surface area contributed by atoms with Crippen LogP contribution in [0.1, 0.15) is 0 Å². The fourth-order valence-electron chi connectivity index (χ4n) is 8.37. The molecule has 0 bridgehead atoms. The minimum atomic E-state index is 0.906. The molecular formula is C48H31N3O. The van der Waals surface area contributed by atoms with E-state index in [9.17, 15) is 0 Å². The zero-order valence-electron chi connectivity index (χ0n) is 28.1. The summed E-state index contributed by atoms with van der Waals surface area (Å²) in [5.74, 6) is 0. The van der Waals surface area contributed by atoms with E-state index in [4.69, 9.17) is 4.42 Å². The van der Waals surface area contributed by atoms with Gasteiger partial charge in [-0.2, -0.15) is 0 Å². The van der Waals surface area contributed by atoms with Gasteiger partial charge in [0.2, 0.25) is 0 Å². The Morgan fingerprint density at radius 3 is 1.58 bits per heavy atom. The zero-order chi connectivity index (χ0) is 34.2. The van der Waals surface area contributed by atoms with Crippen molar-refractivity contribution in [2.75, 3.05) is 9.80 Å². The lowest BCUT2D eigenvalue weighted by molar-refractivity contribution is 0.669. The first kappa shape index (κ1) is 28.8. The van der Waals surface area contributed by atoms with Gasteiger partial charge in [0.15, 0.2) is 0 Å². The molecule has 0 atom stereocenters. The normalized spacial score (nSPS) is 11.8. The van der Waals surface area contributed by atoms with Gasteiger partial charge in [-0.3, -0.25) is 0 Å². The summed E-state index contributed by atoms with van der Waals surface area (Å²) in [4.78, 5) is 4.74. The third-order valence-electron chi connectivity index (χ3n) is 10.5. The van der Waals surface area contributed by atoms with Crippen LogP contribution in [0.4, 0.5) is 34.1 Å². The molecule has 0 fully saturated rings. The molecule has 11 rings (SSSR count). The van der Waals surface area contributed by atoms with Gasteiger partial charge in [0.1, 0.15) is 11.2 Å². The number of hydrogen-bond donors (Lipinski definition) is 0. The summed E-state index contributed by atoms with van der Waals surface area (Å²) in [6, 6.07) is 67.2. The van der Waals surface area contributed by atoms with Gasteiger partial charge in [0, 0.05) is 50.0 Å². The predicted octanol–water partition coefficient (Wildman–Crippen LogP) is 13.7. The van der Waals surface area contributed by atoms with Gasteiger partial charge in [0.05, 0.1) is 27.6 Å². The van der Waals surface area contributed by atoms with E-state index in [0.29, 0.717) is 0 Å². The zero-order valence-corrected chi connectivity index (χ0v) is 28.1. The van der Waals surface area contributed by atoms with Crippen LogP contribution >= 0.6 is 0 Å². The van der Waals surface area contributed by atoms with Crippen molar-refractivity contribution in [3.63, 3.8) is 0 Å². The highest BCUT2D eigenvalue weighted by Crippen LogP contribution is 2.49. The van der Waals surface area contributed by atoms with Gasteiger partial charge < -0.3 is 18.6 Å². The monoisotopic (exact) mass is 665 g/mol. The Bertz CT molecular complexity index is 3030. The lowest BCUT2D eigenvalue weighted by atomic mass is 10.0. The highest BCUT2D eigenvalue weighted by atomic mass is 16.3. The number of nitrogens with zero attached hydrogens (tertiary/aromatic N) is 3. The molecule has 52 heavy (non-hydrogen) atoms. The van der Waals surface area contributed by atoms with Crippen molar-refractivity contribution in [3.05, 3.63) is 188 Å². The van der Waals surface area contributed by atoms with Crippen molar-refractivity contribution in [2.24, 2.45) is 0 Å². The summed E-state index contributed by atoms with van der Waals surface area (Å²) >= 11 is 0. The minimum absolute atomic E-state index is 0.906. The van der Waals surface area contributed by atoms with E-state index in [1.807, 2.05) is 0 Å². The summed E-state index contributed by atoms with van der Waals surface area (Å²) < 4.78 is 8.92. The molecule has 3 aromatic heterocycles. The number of aromatic nitrogens is 1. The molecule has 4 nitrogen and oxygen atoms in total. The van der Waals surface area contributed by atoms with Crippen LogP contribution in [0.15, 0.2) is 192 Å². The van der Waals surface area contributed by atoms with Gasteiger partial charge in [-0.05, 0) is 90.3 Å². The van der Waals surface area contributed by atoms with E-state index < -0.39 is 0 Å². The smallest absolute Gasteiger partial charge is 0.137 e. The fourth-order valence-corrected chi connectivity index (χ4v) is 8.37. The van der Waals surface area contributed by atoms with Crippen molar-refractivity contribution in [2.45, 2.75) is 0 Å². The summed E-state index contributed by atoms with van der Waals surface area (Å²) in [5, 5.41) is 7.13. The molecule has 3 heterocycles. The average molecular weight is 666 g/mol. The maximum absolute atomic E-state index is 6.46. The highest BCUT2D eigenvalue weighted by molar-refractivity contribution is 6.31. The van der Waals surface area contributed by atoms with E-state index in [2.05, 4.69) is 202 Å². The molecule has 0 N–H and O–H groups in total. The number of benzene rings is 8. The number of hydrogen-bond acceptors (Lipinski definition) is 3. The maximum atomic E-state index is 6.46. The van der Waals surface area contributed by atoms with E-state index in [-0.39, 0.29) is 0 Å². The van der Waals surface area contributed by atoms with Gasteiger partial charge in [0.25, 0.3) is 0 Å². The van der Waals surface area contributed by atoms with Crippen molar-refractivity contribution in [3.8, 4) is 0 Å². The summed E-state index contributed by atoms with van der Waals surface area (Å²) in [6.07, 6.45) is 0. The number of fused-ring (bicyclic) bond motifs is 5. The van der Waals surface area contributed by atoms with Gasteiger partial charge >= 0.3 is 0 Å². The van der Waals surface area contributed by atoms with Crippen LogP contribution in [0.2, 0.25) is 0 Å². The number of furan rings is 1. The summed E-state index contributed by atoms with van der Waals surface area (Å²) in [5.41, 5.74) is 11.9. The fraction of sp³-hybridized carbons (Fsp3) is 0. The Kier molecular flexibility index (Phi) is 6.22. The number of rotatable bonds is 6. The standard InChI is InChI=1S/C48H31N3O/c1-4-15-32(16-5-1)49(33-17-6-2-7-18-33)35-21-12-22-36(31-35)50(34-19-8-3-9-20-34)42-30-29-38-37-24-13-27-43-46(37)47-41(26-14-28-44(47)52-43)51-40-25-11-10-23-39(40)45(42)48(38)51/h1-31H. The molecule has 0 amide bonds. The molecule has 8 aromatic carbocycles. The Balaban J connectivity index is 1.25. The summed E-state index contributed by atoms with van der Waals surface area (Å²) in [6.45, 7) is 0. The Morgan fingerprint density at radius 1 is 0.346 bits per heavy atom. The van der Waals surface area contributed by atoms with Crippen LogP contribution in [0.25, 0.3) is 60.0 Å². The Morgan fingerprint density at radius 2 is 0.865 bits per heavy atom. The van der Waals surface area contributed by atoms with E-state index in [1.165, 1.54) is 38.0 Å². The molecular weight excluding hydrogens is 635 g/mol. The number of para-hydroxylation sites is 4. The van der Waals surface area contributed by atoms with Crippen molar-refractivity contribution < 1.29 is 4.42 Å². The summed E-state index contributed by atoms with van der Waals surface area (Å²) in [7, 11) is 0. The van der Waals surface area contributed by atoms with Crippen LogP contribution in [-0.4, -0.2) is 4.40 Å². The maximum Gasteiger partial charge on any atom is 0.137 e. The minimum Gasteiger partial charge on any atom is -0.456 e. The van der Waals surface area contributed by atoms with Gasteiger partial charge in [-0.15, -0.1) is 0 Å². The largest absolute Gasteiger partial charge is 0.456 e. The molecule has 0 aliphatic rings. The lowest BCUT2D eigenvalue weighted by Gasteiger charge is -2.30. The average Bonchev–Trinajstić information content (AvgIpc) is 3.73. The molecule has 4 heteroatoms. The lowest BCUT2D eigenvalue weighted by Crippen LogP contribution is -2.13. The van der Waals surface area contributed by atoms with E-state index in [0.717, 1.165) is 56.2 Å². The highest BCUT2D eigenvalue weighted by Gasteiger charge is 2.25. The first-order valence-electron chi connectivity index (χ1n) is 17.7. The van der Waals surface area contributed by atoms with Crippen LogP contribution in [-0.2, 0) is 0 Å². The van der Waals surface area contributed by atoms with Crippen LogP contribution in [0, 0.1) is 0 Å². The molecule has 244 valence electrons. The molecule has 0 aliphatic carbocycles. The predicted molar refractivity (Wildman–Crippen MR) is 218 cm³/mol. The first-order valence-corrected chi connectivity index (χ1v) is 17.7. The molecule has 0 spiro atoms. The first-order chi connectivity index (χ1) is 25.8. The van der Waals surface area contributed by atoms with E-state index >= 15 is 0 Å². The second-order valence-corrected chi connectivity index (χ2v) is 13.3. The molecule has 0 saturated carbocycles. The number of anilines is 6. The molecule has 0 radical (unpaired) electrons. The molecule has 11 aromatic rings.